The third kappa shape index (κ3) is 1.13. The summed E-state index contributed by atoms with van der Waals surface area (Å²) in [6, 6.07) is 2.28. The van der Waals surface area contributed by atoms with Crippen molar-refractivity contribution in [3.8, 4) is 6.07 Å². The van der Waals surface area contributed by atoms with Gasteiger partial charge in [-0.1, -0.05) is 0 Å². The normalized spacial score (nSPS) is 45.7. The zero-order valence-electron chi connectivity index (χ0n) is 7.34. The molecule has 0 aromatic carbocycles. The fourth-order valence-electron chi connectivity index (χ4n) is 2.68. The molecule has 0 radical (unpaired) electrons. The number of hydrogen-bond acceptors (Lipinski definition) is 2. The number of nitriles is 1. The molecule has 0 atom stereocenters. The van der Waals surface area contributed by atoms with Gasteiger partial charge in [0.2, 0.25) is 0 Å². The Morgan fingerprint density at radius 1 is 1.08 bits per heavy atom. The van der Waals surface area contributed by atoms with Crippen LogP contribution in [0.15, 0.2) is 0 Å². The van der Waals surface area contributed by atoms with E-state index in [0.29, 0.717) is 11.8 Å². The Hall–Kier alpha value is -0.550. The van der Waals surface area contributed by atoms with E-state index in [4.69, 9.17) is 5.26 Å². The summed E-state index contributed by atoms with van der Waals surface area (Å²) in [7, 11) is 0. The number of fused-ring (bicyclic) bond motifs is 3. The Kier molecular flexibility index (Phi) is 1.66. The summed E-state index contributed by atoms with van der Waals surface area (Å²) in [5.41, 5.74) is -0.0591. The van der Waals surface area contributed by atoms with E-state index in [0.717, 1.165) is 38.5 Å². The average Bonchev–Trinajstić information content (AvgIpc) is 2.08. The molecule has 0 spiro atoms. The summed E-state index contributed by atoms with van der Waals surface area (Å²) in [6.45, 7) is 0. The lowest BCUT2D eigenvalue weighted by Gasteiger charge is -2.50. The number of rotatable bonds is 1. The lowest BCUT2D eigenvalue weighted by atomic mass is 9.58. The van der Waals surface area contributed by atoms with Crippen LogP contribution in [-0.4, -0.2) is 10.7 Å². The minimum Gasteiger partial charge on any atom is -0.390 e. The van der Waals surface area contributed by atoms with E-state index in [1.165, 1.54) is 0 Å². The van der Waals surface area contributed by atoms with Gasteiger partial charge in [-0.25, -0.2) is 0 Å². The Bertz CT molecular complexity index is 204. The molecule has 66 valence electrons. The van der Waals surface area contributed by atoms with Crippen LogP contribution in [0.25, 0.3) is 0 Å². The highest BCUT2D eigenvalue weighted by molar-refractivity contribution is 5.02. The van der Waals surface area contributed by atoms with Gasteiger partial charge in [-0.15, -0.1) is 0 Å². The van der Waals surface area contributed by atoms with Crippen LogP contribution in [0.5, 0.6) is 0 Å². The molecule has 12 heavy (non-hydrogen) atoms. The Morgan fingerprint density at radius 3 is 2.00 bits per heavy atom. The minimum absolute atomic E-state index is 0.291. The number of aliphatic hydroxyl groups is 1. The van der Waals surface area contributed by atoms with E-state index >= 15 is 0 Å². The summed E-state index contributed by atoms with van der Waals surface area (Å²) < 4.78 is 0. The van der Waals surface area contributed by atoms with Crippen molar-refractivity contribution in [1.82, 2.24) is 0 Å². The minimum atomic E-state index is -0.350. The van der Waals surface area contributed by atoms with Crippen LogP contribution in [0.1, 0.15) is 44.9 Å². The topological polar surface area (TPSA) is 44.0 Å². The molecule has 3 aliphatic rings. The molecular weight excluding hydrogens is 150 g/mol. The Labute approximate surface area is 73.2 Å². The fourth-order valence-corrected chi connectivity index (χ4v) is 2.68. The van der Waals surface area contributed by atoms with Gasteiger partial charge in [-0.05, 0) is 43.9 Å². The molecular formula is C10H15NO. The fraction of sp³-hybridized carbons (Fsp3) is 0.900. The van der Waals surface area contributed by atoms with Crippen LogP contribution in [0.2, 0.25) is 0 Å². The summed E-state index contributed by atoms with van der Waals surface area (Å²) >= 11 is 0. The third-order valence-electron chi connectivity index (χ3n) is 3.82. The van der Waals surface area contributed by atoms with E-state index in [9.17, 15) is 5.11 Å². The maximum absolute atomic E-state index is 9.92. The summed E-state index contributed by atoms with van der Waals surface area (Å²) in [6.07, 6.45) is 6.67. The second-order valence-electron chi connectivity index (χ2n) is 4.56. The van der Waals surface area contributed by atoms with Gasteiger partial charge in [0, 0.05) is 6.42 Å². The van der Waals surface area contributed by atoms with Crippen LogP contribution in [0.4, 0.5) is 0 Å². The largest absolute Gasteiger partial charge is 0.390 e. The molecule has 0 aromatic rings. The van der Waals surface area contributed by atoms with Gasteiger partial charge < -0.3 is 5.11 Å². The van der Waals surface area contributed by atoms with E-state index in [1.807, 2.05) is 0 Å². The van der Waals surface area contributed by atoms with Crippen molar-refractivity contribution in [3.63, 3.8) is 0 Å². The van der Waals surface area contributed by atoms with Gasteiger partial charge in [0.1, 0.15) is 0 Å². The standard InChI is InChI=1S/C10H15NO/c11-8-7-9-1-4-10(12,5-2-9)6-3-9/h12H,1-7H2. The van der Waals surface area contributed by atoms with E-state index in [-0.39, 0.29) is 5.60 Å². The summed E-state index contributed by atoms with van der Waals surface area (Å²) in [4.78, 5) is 0. The average molecular weight is 165 g/mol. The van der Waals surface area contributed by atoms with Crippen LogP contribution in [0.3, 0.4) is 0 Å². The lowest BCUT2D eigenvalue weighted by molar-refractivity contribution is -0.0901. The summed E-state index contributed by atoms with van der Waals surface area (Å²) in [5.74, 6) is 0. The number of hydrogen-bond donors (Lipinski definition) is 1. The highest BCUT2D eigenvalue weighted by Crippen LogP contribution is 2.53. The van der Waals surface area contributed by atoms with E-state index in [2.05, 4.69) is 6.07 Å². The van der Waals surface area contributed by atoms with Gasteiger partial charge in [-0.2, -0.15) is 5.26 Å². The summed E-state index contributed by atoms with van der Waals surface area (Å²) in [5, 5.41) is 18.6. The molecule has 1 N–H and O–H groups in total. The smallest absolute Gasteiger partial charge is 0.0648 e. The Morgan fingerprint density at radius 2 is 1.58 bits per heavy atom. The van der Waals surface area contributed by atoms with Crippen LogP contribution in [-0.2, 0) is 0 Å². The monoisotopic (exact) mass is 165 g/mol. The first-order chi connectivity index (χ1) is 5.68. The highest BCUT2D eigenvalue weighted by Gasteiger charge is 2.47. The van der Waals surface area contributed by atoms with Crippen molar-refractivity contribution < 1.29 is 5.11 Å². The van der Waals surface area contributed by atoms with Gasteiger partial charge in [-0.3, -0.25) is 0 Å². The molecule has 0 aromatic heterocycles. The molecule has 2 heteroatoms. The van der Waals surface area contributed by atoms with Crippen molar-refractivity contribution in [1.29, 1.82) is 5.26 Å². The molecule has 0 unspecified atom stereocenters. The maximum Gasteiger partial charge on any atom is 0.0648 e. The molecule has 0 amide bonds. The molecule has 0 aliphatic heterocycles. The van der Waals surface area contributed by atoms with Gasteiger partial charge >= 0.3 is 0 Å². The van der Waals surface area contributed by atoms with Gasteiger partial charge in [0.05, 0.1) is 11.7 Å². The zero-order chi connectivity index (χ0) is 8.66. The SMILES string of the molecule is N#CCC12CCC(O)(CC1)CC2. The highest BCUT2D eigenvalue weighted by atomic mass is 16.3. The molecule has 3 fully saturated rings. The second kappa shape index (κ2) is 2.47. The van der Waals surface area contributed by atoms with Crippen LogP contribution >= 0.6 is 0 Å². The first-order valence-electron chi connectivity index (χ1n) is 4.78. The second-order valence-corrected chi connectivity index (χ2v) is 4.56. The predicted octanol–water partition coefficient (Wildman–Crippen LogP) is 1.99. The quantitative estimate of drug-likeness (QED) is 0.645. The van der Waals surface area contributed by atoms with Crippen molar-refractivity contribution in [3.05, 3.63) is 0 Å². The van der Waals surface area contributed by atoms with E-state index in [1.54, 1.807) is 0 Å². The predicted molar refractivity (Wildman–Crippen MR) is 45.3 cm³/mol. The first-order valence-corrected chi connectivity index (χ1v) is 4.78. The molecule has 2 bridgehead atoms. The van der Waals surface area contributed by atoms with Gasteiger partial charge in [0.25, 0.3) is 0 Å². The molecule has 3 aliphatic carbocycles. The van der Waals surface area contributed by atoms with Gasteiger partial charge in [0.15, 0.2) is 0 Å². The van der Waals surface area contributed by atoms with Crippen molar-refractivity contribution in [2.75, 3.05) is 0 Å². The first kappa shape index (κ1) is 8.07. The van der Waals surface area contributed by atoms with Crippen molar-refractivity contribution >= 4 is 0 Å². The molecule has 3 rings (SSSR count). The molecule has 3 saturated carbocycles. The molecule has 2 nitrogen and oxygen atoms in total. The lowest BCUT2D eigenvalue weighted by Crippen LogP contribution is -2.45. The Balaban J connectivity index is 2.10. The van der Waals surface area contributed by atoms with Crippen LogP contribution in [0, 0.1) is 16.7 Å². The number of nitrogens with zero attached hydrogens (tertiary/aromatic N) is 1. The zero-order valence-corrected chi connectivity index (χ0v) is 7.34. The molecule has 0 heterocycles. The molecule has 0 saturated heterocycles. The van der Waals surface area contributed by atoms with Crippen LogP contribution < -0.4 is 0 Å². The maximum atomic E-state index is 9.92. The van der Waals surface area contributed by atoms with E-state index < -0.39 is 0 Å². The van der Waals surface area contributed by atoms with Crippen molar-refractivity contribution in [2.24, 2.45) is 5.41 Å². The van der Waals surface area contributed by atoms with Crippen molar-refractivity contribution in [2.45, 2.75) is 50.5 Å². The third-order valence-corrected chi connectivity index (χ3v) is 3.82.